The normalized spacial score (nSPS) is 6.60. The van der Waals surface area contributed by atoms with E-state index in [1.807, 2.05) is 0 Å². The molecule has 8 nitrogen and oxygen atoms in total. The first-order valence-corrected chi connectivity index (χ1v) is 3.09. The smallest absolute Gasteiger partial charge is 0.547 e. The largest absolute Gasteiger partial charge is 1.00 e. The van der Waals surface area contributed by atoms with E-state index in [4.69, 9.17) is 25.1 Å². The van der Waals surface area contributed by atoms with E-state index in [0.29, 0.717) is 0 Å². The van der Waals surface area contributed by atoms with Crippen LogP contribution in [0.3, 0.4) is 0 Å². The van der Waals surface area contributed by atoms with E-state index in [1.54, 1.807) is 0 Å². The molecule has 9 heteroatoms. The van der Waals surface area contributed by atoms with Crippen LogP contribution in [-0.4, -0.2) is 40.0 Å². The molecule has 0 aliphatic heterocycles. The van der Waals surface area contributed by atoms with Crippen LogP contribution < -0.4 is 5.11 Å². The zero-order chi connectivity index (χ0) is 12.1. The van der Waals surface area contributed by atoms with E-state index in [2.05, 4.69) is 4.89 Å². The van der Waals surface area contributed by atoms with Crippen molar-refractivity contribution >= 4 is 17.9 Å². The number of hydrogen-bond donors (Lipinski definition) is 3. The third kappa shape index (κ3) is 407. The summed E-state index contributed by atoms with van der Waals surface area (Å²) in [5, 5.41) is 31.4. The van der Waals surface area contributed by atoms with Gasteiger partial charge >= 0.3 is 1.43 Å². The summed E-state index contributed by atoms with van der Waals surface area (Å²) in [6, 6.07) is 0. The van der Waals surface area contributed by atoms with Crippen LogP contribution in [0, 0.1) is 0 Å². The summed E-state index contributed by atoms with van der Waals surface area (Å²) >= 11 is 0. The molecule has 0 atom stereocenters. The van der Waals surface area contributed by atoms with Gasteiger partial charge in [-0.25, -0.2) is 4.89 Å². The van der Waals surface area contributed by atoms with Crippen molar-refractivity contribution < 1.29 is 60.8 Å². The van der Waals surface area contributed by atoms with Crippen molar-refractivity contribution in [3.8, 4) is 0 Å². The number of aliphatic carboxylic acids is 3. The molecule has 0 amide bonds. The summed E-state index contributed by atoms with van der Waals surface area (Å²) in [6.45, 7) is 1.40. The maximum absolute atomic E-state index is 9.20. The Labute approximate surface area is 99.6 Å². The van der Waals surface area contributed by atoms with E-state index in [1.165, 1.54) is 0 Å². The average molecular weight is 278 g/mol. The predicted molar refractivity (Wildman–Crippen MR) is 41.3 cm³/mol. The van der Waals surface area contributed by atoms with Gasteiger partial charge in [0.15, 0.2) is 0 Å². The van der Waals surface area contributed by atoms with Gasteiger partial charge in [0, 0.05) is 33.3 Å². The van der Waals surface area contributed by atoms with Crippen molar-refractivity contribution in [1.82, 2.24) is 0 Å². The molecule has 0 saturated heterocycles. The summed E-state index contributed by atoms with van der Waals surface area (Å²) in [7, 11) is 0. The van der Waals surface area contributed by atoms with Crippen LogP contribution in [0.25, 0.3) is 0 Å². The van der Waals surface area contributed by atoms with E-state index in [-0.39, 0.29) is 20.9 Å². The molecule has 0 heterocycles. The van der Waals surface area contributed by atoms with Crippen molar-refractivity contribution in [2.24, 2.45) is 0 Å². The van der Waals surface area contributed by atoms with Gasteiger partial charge in [0.05, 0.1) is 5.97 Å². The Morgan fingerprint density at radius 1 is 1.20 bits per heavy atom. The van der Waals surface area contributed by atoms with Crippen molar-refractivity contribution in [2.45, 2.75) is 13.8 Å². The molecule has 0 radical (unpaired) electrons. The Balaban J connectivity index is -0.0000000367. The third-order valence-corrected chi connectivity index (χ3v) is 0.182. The molecule has 0 aliphatic rings. The first-order valence-electron chi connectivity index (χ1n) is 3.09. The average Bonchev–Trinajstić information content (AvgIpc) is 1.82. The Morgan fingerprint density at radius 2 is 1.40 bits per heavy atom. The summed E-state index contributed by atoms with van der Waals surface area (Å²) in [5.41, 5.74) is 0. The molecule has 86 valence electrons. The zero-order valence-electron chi connectivity index (χ0n) is 9.30. The molecule has 0 rings (SSSR count). The van der Waals surface area contributed by atoms with Crippen LogP contribution in [-0.2, 0) is 38.7 Å². The van der Waals surface area contributed by atoms with Crippen molar-refractivity contribution in [3.05, 3.63) is 0 Å². The molecule has 0 saturated carbocycles. The molecule has 0 aromatic rings. The summed E-state index contributed by atoms with van der Waals surface area (Å²) in [6.07, 6.45) is 0. The standard InChI is InChI=1S/C2H4O4.2C2H4O2.Zn/c3-2(4)1-6-5;2*1-2(3)4;/h5H,1H2,(H,3,4);2*1H3,(H,3,4);. The van der Waals surface area contributed by atoms with Gasteiger partial charge in [-0.3, -0.25) is 14.8 Å². The van der Waals surface area contributed by atoms with Crippen molar-refractivity contribution in [3.63, 3.8) is 0 Å². The summed E-state index contributed by atoms with van der Waals surface area (Å²) in [4.78, 5) is 30.3. The van der Waals surface area contributed by atoms with Gasteiger partial charge in [0.1, 0.15) is 6.61 Å². The third-order valence-electron chi connectivity index (χ3n) is 0.182. The zero-order valence-corrected chi connectivity index (χ0v) is 11.3. The fraction of sp³-hybridized carbons (Fsp3) is 0.500. The second kappa shape index (κ2) is 18.7. The fourth-order valence-corrected chi connectivity index (χ4v) is 0.0527. The van der Waals surface area contributed by atoms with Gasteiger partial charge in [0.2, 0.25) is 0 Å². The summed E-state index contributed by atoms with van der Waals surface area (Å²) < 4.78 is 0. The van der Waals surface area contributed by atoms with Gasteiger partial charge in [0.25, 0.3) is 11.9 Å². The van der Waals surface area contributed by atoms with E-state index in [0.717, 1.165) is 13.8 Å². The minimum Gasteiger partial charge on any atom is -0.547 e. The maximum atomic E-state index is 9.20. The van der Waals surface area contributed by atoms with E-state index in [9.17, 15) is 9.90 Å². The van der Waals surface area contributed by atoms with Gasteiger partial charge < -0.3 is 20.1 Å². The molecule has 0 aromatic heterocycles. The second-order valence-corrected chi connectivity index (χ2v) is 1.68. The van der Waals surface area contributed by atoms with Gasteiger partial charge in [-0.2, -0.15) is 0 Å². The van der Waals surface area contributed by atoms with Gasteiger partial charge in [-0.05, 0) is 0 Å². The first kappa shape index (κ1) is 23.6. The van der Waals surface area contributed by atoms with E-state index >= 15 is 0 Å². The molecule has 0 spiro atoms. The van der Waals surface area contributed by atoms with Crippen LogP contribution in [0.1, 0.15) is 15.3 Å². The molecule has 0 bridgehead atoms. The molecular weight excluding hydrogens is 265 g/mol. The predicted octanol–water partition coefficient (Wildman–Crippen LogP) is -1.48. The Hall–Kier alpha value is -1.05. The van der Waals surface area contributed by atoms with Crippen molar-refractivity contribution in [2.75, 3.05) is 6.61 Å². The maximum Gasteiger partial charge on any atom is 1.00 e. The molecule has 15 heavy (non-hydrogen) atoms. The molecule has 3 N–H and O–H groups in total. The van der Waals surface area contributed by atoms with Crippen LogP contribution in [0.5, 0.6) is 0 Å². The minimum absolute atomic E-state index is 0. The van der Waals surface area contributed by atoms with Crippen LogP contribution in [0.15, 0.2) is 0 Å². The Morgan fingerprint density at radius 3 is 1.40 bits per heavy atom. The molecule has 0 fully saturated rings. The topological polar surface area (TPSA) is 144 Å². The molecule has 0 aromatic carbocycles. The monoisotopic (exact) mass is 276 g/mol. The fourth-order valence-electron chi connectivity index (χ4n) is 0.0527. The molecule has 0 aliphatic carbocycles. The quantitative estimate of drug-likeness (QED) is 0.315. The number of carbonyl (C=O) groups is 3. The second-order valence-electron chi connectivity index (χ2n) is 1.68. The number of carboxylic acid groups (broad SMARTS) is 3. The number of carboxylic acids is 3. The Bertz CT molecular complexity index is 165. The first-order chi connectivity index (χ1) is 6.23. The molecule has 0 unspecified atom stereocenters. The van der Waals surface area contributed by atoms with Crippen LogP contribution in [0.4, 0.5) is 0 Å². The molecular formula is C6H12O8Zn. The van der Waals surface area contributed by atoms with Crippen LogP contribution in [0.2, 0.25) is 0 Å². The number of rotatable bonds is 2. The van der Waals surface area contributed by atoms with Gasteiger partial charge in [-0.1, -0.05) is 0 Å². The number of carbonyl (C=O) groups excluding carboxylic acids is 1. The van der Waals surface area contributed by atoms with Gasteiger partial charge in [-0.15, -0.1) is 0 Å². The Kier molecular flexibility index (Phi) is 29.4. The summed E-state index contributed by atoms with van der Waals surface area (Å²) in [5.74, 6) is -3.10. The van der Waals surface area contributed by atoms with E-state index < -0.39 is 24.5 Å². The minimum atomic E-state index is -1.43. The number of hydrogen-bond acceptors (Lipinski definition) is 6. The van der Waals surface area contributed by atoms with Crippen LogP contribution >= 0.6 is 0 Å². The SMILES string of the molecule is CC(=O)O.CC(=O)O.O=C([O-])COO.[H+].[Zn]. The van der Waals surface area contributed by atoms with Crippen molar-refractivity contribution in [1.29, 1.82) is 0 Å².